The maximum absolute atomic E-state index is 11.3. The summed E-state index contributed by atoms with van der Waals surface area (Å²) in [4.78, 5) is 11.3. The second-order valence-corrected chi connectivity index (χ2v) is 5.51. The van der Waals surface area contributed by atoms with Crippen molar-refractivity contribution in [1.82, 2.24) is 0 Å². The van der Waals surface area contributed by atoms with E-state index in [1.807, 2.05) is 0 Å². The molecule has 0 bridgehead atoms. The molecule has 0 aromatic carbocycles. The van der Waals surface area contributed by atoms with E-state index in [0.29, 0.717) is 5.57 Å². The number of allylic oxidation sites excluding steroid dienone is 1. The SMILES string of the molecule is C=C(C)C(=O)C1CCS(=O)(=O)C1O. The van der Waals surface area contributed by atoms with E-state index in [2.05, 4.69) is 6.58 Å². The zero-order valence-corrected chi connectivity index (χ0v) is 8.17. The molecular formula is C8H12O4S. The third kappa shape index (κ3) is 1.81. The van der Waals surface area contributed by atoms with Gasteiger partial charge in [0.15, 0.2) is 21.1 Å². The summed E-state index contributed by atoms with van der Waals surface area (Å²) >= 11 is 0. The predicted molar refractivity (Wildman–Crippen MR) is 47.7 cm³/mol. The zero-order valence-electron chi connectivity index (χ0n) is 7.36. The van der Waals surface area contributed by atoms with Gasteiger partial charge in [-0.2, -0.15) is 0 Å². The maximum atomic E-state index is 11.3. The summed E-state index contributed by atoms with van der Waals surface area (Å²) in [5.41, 5.74) is -1.24. The van der Waals surface area contributed by atoms with Crippen LogP contribution in [0.25, 0.3) is 0 Å². The minimum absolute atomic E-state index is 0.113. The Morgan fingerprint density at radius 2 is 2.08 bits per heavy atom. The van der Waals surface area contributed by atoms with Crippen LogP contribution in [0.3, 0.4) is 0 Å². The van der Waals surface area contributed by atoms with E-state index in [1.54, 1.807) is 0 Å². The van der Waals surface area contributed by atoms with E-state index in [4.69, 9.17) is 0 Å². The molecule has 1 saturated heterocycles. The molecule has 5 heteroatoms. The fourth-order valence-electron chi connectivity index (χ4n) is 1.38. The number of aliphatic hydroxyl groups excluding tert-OH is 1. The van der Waals surface area contributed by atoms with E-state index >= 15 is 0 Å². The second kappa shape index (κ2) is 3.23. The van der Waals surface area contributed by atoms with Crippen LogP contribution in [0.4, 0.5) is 0 Å². The van der Waals surface area contributed by atoms with Crippen molar-refractivity contribution >= 4 is 15.6 Å². The third-order valence-corrected chi connectivity index (χ3v) is 4.05. The third-order valence-electron chi connectivity index (χ3n) is 2.18. The van der Waals surface area contributed by atoms with Gasteiger partial charge < -0.3 is 5.11 Å². The molecule has 0 aromatic rings. The molecule has 0 radical (unpaired) electrons. The molecule has 2 atom stereocenters. The van der Waals surface area contributed by atoms with Crippen LogP contribution in [0.15, 0.2) is 12.2 Å². The van der Waals surface area contributed by atoms with Gasteiger partial charge in [0, 0.05) is 0 Å². The van der Waals surface area contributed by atoms with E-state index < -0.39 is 21.2 Å². The molecule has 0 aromatic heterocycles. The molecule has 2 unspecified atom stereocenters. The Kier molecular flexibility index (Phi) is 2.58. The predicted octanol–water partition coefficient (Wildman–Crippen LogP) is -0.115. The number of rotatable bonds is 2. The van der Waals surface area contributed by atoms with Crippen LogP contribution in [-0.2, 0) is 14.6 Å². The normalized spacial score (nSPS) is 31.5. The molecular weight excluding hydrogens is 192 g/mol. The highest BCUT2D eigenvalue weighted by atomic mass is 32.2. The molecule has 0 amide bonds. The Bertz CT molecular complexity index is 341. The molecule has 74 valence electrons. The van der Waals surface area contributed by atoms with Gasteiger partial charge in [0.25, 0.3) is 0 Å². The van der Waals surface area contributed by atoms with Crippen molar-refractivity contribution in [3.63, 3.8) is 0 Å². The summed E-state index contributed by atoms with van der Waals surface area (Å²) < 4.78 is 22.1. The van der Waals surface area contributed by atoms with Gasteiger partial charge in [-0.25, -0.2) is 8.42 Å². The van der Waals surface area contributed by atoms with Crippen molar-refractivity contribution in [1.29, 1.82) is 0 Å². The Morgan fingerprint density at radius 1 is 1.54 bits per heavy atom. The van der Waals surface area contributed by atoms with Crippen molar-refractivity contribution in [3.05, 3.63) is 12.2 Å². The monoisotopic (exact) mass is 204 g/mol. The maximum Gasteiger partial charge on any atom is 0.177 e. The van der Waals surface area contributed by atoms with Gasteiger partial charge in [-0.1, -0.05) is 6.58 Å². The zero-order chi connectivity index (χ0) is 10.2. The largest absolute Gasteiger partial charge is 0.376 e. The number of ketones is 1. The van der Waals surface area contributed by atoms with Gasteiger partial charge in [-0.15, -0.1) is 0 Å². The lowest BCUT2D eigenvalue weighted by Gasteiger charge is -2.10. The first-order valence-corrected chi connectivity index (χ1v) is 5.67. The molecule has 13 heavy (non-hydrogen) atoms. The number of hydrogen-bond donors (Lipinski definition) is 1. The van der Waals surface area contributed by atoms with Crippen molar-refractivity contribution in [2.24, 2.45) is 5.92 Å². The Morgan fingerprint density at radius 3 is 2.38 bits per heavy atom. The van der Waals surface area contributed by atoms with Gasteiger partial charge in [0.05, 0.1) is 11.7 Å². The molecule has 1 N–H and O–H groups in total. The van der Waals surface area contributed by atoms with Crippen LogP contribution < -0.4 is 0 Å². The minimum Gasteiger partial charge on any atom is -0.376 e. The standard InChI is InChI=1S/C8H12O4S/c1-5(2)7(9)6-3-4-13(11,12)8(6)10/h6,8,10H,1,3-4H2,2H3. The first kappa shape index (κ1) is 10.4. The quantitative estimate of drug-likeness (QED) is 0.637. The second-order valence-electron chi connectivity index (χ2n) is 3.30. The topological polar surface area (TPSA) is 71.4 Å². The number of aliphatic hydroxyl groups is 1. The minimum atomic E-state index is -3.46. The van der Waals surface area contributed by atoms with Crippen LogP contribution in [-0.4, -0.2) is 30.5 Å². The number of carbonyl (C=O) groups is 1. The lowest BCUT2D eigenvalue weighted by atomic mass is 9.98. The molecule has 0 aliphatic carbocycles. The highest BCUT2D eigenvalue weighted by molar-refractivity contribution is 7.92. The van der Waals surface area contributed by atoms with E-state index in [-0.39, 0.29) is 18.0 Å². The molecule has 0 saturated carbocycles. The molecule has 0 spiro atoms. The highest BCUT2D eigenvalue weighted by Crippen LogP contribution is 2.27. The molecule has 1 fully saturated rings. The van der Waals surface area contributed by atoms with Gasteiger partial charge in [0.2, 0.25) is 0 Å². The van der Waals surface area contributed by atoms with Crippen molar-refractivity contribution in [2.45, 2.75) is 18.8 Å². The van der Waals surface area contributed by atoms with E-state index in [9.17, 15) is 18.3 Å². The summed E-state index contributed by atoms with van der Waals surface area (Å²) in [7, 11) is -3.46. The molecule has 1 rings (SSSR count). The summed E-state index contributed by atoms with van der Waals surface area (Å²) in [6.45, 7) is 4.94. The molecule has 1 aliphatic rings. The van der Waals surface area contributed by atoms with Gasteiger partial charge >= 0.3 is 0 Å². The number of carbonyl (C=O) groups excluding carboxylic acids is 1. The van der Waals surface area contributed by atoms with E-state index in [1.165, 1.54) is 6.92 Å². The molecule has 1 heterocycles. The van der Waals surface area contributed by atoms with Crippen molar-refractivity contribution < 1.29 is 18.3 Å². The van der Waals surface area contributed by atoms with Crippen molar-refractivity contribution in [2.75, 3.05) is 5.75 Å². The summed E-state index contributed by atoms with van der Waals surface area (Å²) in [5, 5.41) is 9.29. The van der Waals surface area contributed by atoms with Gasteiger partial charge in [0.1, 0.15) is 0 Å². The Balaban J connectivity index is 2.89. The lowest BCUT2D eigenvalue weighted by molar-refractivity contribution is -0.120. The first-order chi connectivity index (χ1) is 5.86. The van der Waals surface area contributed by atoms with Gasteiger partial charge in [-0.3, -0.25) is 4.79 Å². The van der Waals surface area contributed by atoms with Crippen LogP contribution in [0.2, 0.25) is 0 Å². The lowest BCUT2D eigenvalue weighted by Crippen LogP contribution is -2.27. The van der Waals surface area contributed by atoms with E-state index in [0.717, 1.165) is 0 Å². The van der Waals surface area contributed by atoms with Gasteiger partial charge in [-0.05, 0) is 18.9 Å². The Labute approximate surface area is 77.2 Å². The summed E-state index contributed by atoms with van der Waals surface area (Å²) in [5.74, 6) is -1.27. The van der Waals surface area contributed by atoms with Crippen LogP contribution in [0.1, 0.15) is 13.3 Å². The summed E-state index contributed by atoms with van der Waals surface area (Å²) in [6.07, 6.45) is 0.204. The average Bonchev–Trinajstić information content (AvgIpc) is 2.27. The fourth-order valence-corrected chi connectivity index (χ4v) is 2.97. The van der Waals surface area contributed by atoms with Crippen LogP contribution in [0, 0.1) is 5.92 Å². The van der Waals surface area contributed by atoms with Crippen LogP contribution >= 0.6 is 0 Å². The molecule has 4 nitrogen and oxygen atoms in total. The first-order valence-electron chi connectivity index (χ1n) is 3.95. The average molecular weight is 204 g/mol. The number of sulfone groups is 1. The fraction of sp³-hybridized carbons (Fsp3) is 0.625. The number of hydrogen-bond acceptors (Lipinski definition) is 4. The Hall–Kier alpha value is -0.680. The van der Waals surface area contributed by atoms with Crippen molar-refractivity contribution in [3.8, 4) is 0 Å². The van der Waals surface area contributed by atoms with Crippen LogP contribution in [0.5, 0.6) is 0 Å². The number of Topliss-reactive ketones (excluding diaryl/α,β-unsaturated/α-hetero) is 1. The smallest absolute Gasteiger partial charge is 0.177 e. The summed E-state index contributed by atoms with van der Waals surface area (Å²) in [6, 6.07) is 0. The highest BCUT2D eigenvalue weighted by Gasteiger charge is 2.42. The molecule has 1 aliphatic heterocycles.